The van der Waals surface area contributed by atoms with Crippen LogP contribution in [0.3, 0.4) is 0 Å². The number of carbonyl (C=O) groups excluding carboxylic acids is 2. The van der Waals surface area contributed by atoms with E-state index in [2.05, 4.69) is 20.3 Å². The van der Waals surface area contributed by atoms with Crippen LogP contribution in [0.25, 0.3) is 11.0 Å². The number of hydrogen-bond acceptors (Lipinski definition) is 6. The Labute approximate surface area is 182 Å². The normalized spacial score (nSPS) is 10.1. The van der Waals surface area contributed by atoms with Gasteiger partial charge in [0.05, 0.1) is 11.7 Å². The molecule has 9 nitrogen and oxygen atoms in total. The minimum Gasteiger partial charge on any atom is -0.545 e. The molecule has 0 aliphatic heterocycles. The Morgan fingerprint density at radius 1 is 1.12 bits per heavy atom. The number of aromatic nitrogens is 3. The maximum absolute atomic E-state index is 12.3. The van der Waals surface area contributed by atoms with E-state index in [1.165, 1.54) is 30.5 Å². The molecule has 1 amide bonds. The standard InChI is InChI=1S/C15H10N4O5.K/c20-13(7-3-1-2-4-8(7)14(21)22)19-9-5-16-11-10(9)17-6-18-12(11)15(23)24;/h1-6,16H,(H,19,20)(H,21,22)(H,23,24);/q;+1/p-1. The van der Waals surface area contributed by atoms with Gasteiger partial charge in [0.25, 0.3) is 5.91 Å². The minimum atomic E-state index is -1.48. The molecule has 3 rings (SSSR count). The van der Waals surface area contributed by atoms with E-state index in [1.807, 2.05) is 0 Å². The molecule has 120 valence electrons. The van der Waals surface area contributed by atoms with Crippen molar-refractivity contribution in [3.63, 3.8) is 0 Å². The predicted molar refractivity (Wildman–Crippen MR) is 79.6 cm³/mol. The number of H-pyrrole nitrogens is 1. The summed E-state index contributed by atoms with van der Waals surface area (Å²) in [5.41, 5.74) is -0.0334. The monoisotopic (exact) mass is 364 g/mol. The van der Waals surface area contributed by atoms with Gasteiger partial charge in [0.15, 0.2) is 5.69 Å². The van der Waals surface area contributed by atoms with E-state index in [-0.39, 0.29) is 84.9 Å². The number of aromatic amines is 1. The van der Waals surface area contributed by atoms with Crippen molar-refractivity contribution in [2.24, 2.45) is 0 Å². The zero-order valence-electron chi connectivity index (χ0n) is 12.9. The van der Waals surface area contributed by atoms with Gasteiger partial charge in [0, 0.05) is 17.3 Å². The number of anilines is 1. The molecule has 0 aliphatic rings. The molecule has 0 saturated heterocycles. The summed E-state index contributed by atoms with van der Waals surface area (Å²) < 4.78 is 0. The first-order valence-electron chi connectivity index (χ1n) is 6.66. The van der Waals surface area contributed by atoms with Crippen molar-refractivity contribution in [3.05, 3.63) is 53.6 Å². The van der Waals surface area contributed by atoms with Crippen LogP contribution in [-0.4, -0.2) is 37.9 Å². The van der Waals surface area contributed by atoms with Crippen LogP contribution < -0.4 is 61.8 Å². The number of nitrogens with one attached hydrogen (secondary N) is 2. The molecule has 0 saturated carbocycles. The maximum Gasteiger partial charge on any atom is 1.00 e. The van der Waals surface area contributed by atoms with Crippen LogP contribution in [-0.2, 0) is 0 Å². The van der Waals surface area contributed by atoms with E-state index in [0.29, 0.717) is 0 Å². The fourth-order valence-corrected chi connectivity index (χ4v) is 2.25. The summed E-state index contributed by atoms with van der Waals surface area (Å²) in [5.74, 6) is -3.41. The molecule has 0 spiro atoms. The third-order valence-corrected chi connectivity index (χ3v) is 3.31. The fourth-order valence-electron chi connectivity index (χ4n) is 2.25. The van der Waals surface area contributed by atoms with Gasteiger partial charge in [-0.2, -0.15) is 0 Å². The Morgan fingerprint density at radius 2 is 1.80 bits per heavy atom. The smallest absolute Gasteiger partial charge is 0.545 e. The molecule has 2 aromatic heterocycles. The van der Waals surface area contributed by atoms with Crippen molar-refractivity contribution in [3.8, 4) is 0 Å². The molecule has 2 heterocycles. The first-order chi connectivity index (χ1) is 11.5. The van der Waals surface area contributed by atoms with E-state index >= 15 is 0 Å². The van der Waals surface area contributed by atoms with E-state index in [1.54, 1.807) is 0 Å². The van der Waals surface area contributed by atoms with E-state index in [9.17, 15) is 19.5 Å². The number of amides is 1. The number of carboxylic acids is 2. The van der Waals surface area contributed by atoms with Crippen LogP contribution in [0, 0.1) is 0 Å². The van der Waals surface area contributed by atoms with E-state index in [0.717, 1.165) is 6.33 Å². The van der Waals surface area contributed by atoms with E-state index < -0.39 is 17.8 Å². The van der Waals surface area contributed by atoms with Crippen molar-refractivity contribution in [1.82, 2.24) is 15.0 Å². The Bertz CT molecular complexity index is 985. The molecule has 0 unspecified atom stereocenters. The molecule has 0 radical (unpaired) electrons. The summed E-state index contributed by atoms with van der Waals surface area (Å²) in [6.07, 6.45) is 2.41. The molecule has 0 bridgehead atoms. The Hall–Kier alpha value is -2.11. The SMILES string of the molecule is O=C([O-])c1ccccc1C(=O)Nc1c[nH]c2c(C(=O)O)ncnc12.[K+]. The summed E-state index contributed by atoms with van der Waals surface area (Å²) in [6, 6.07) is 5.58. The molecule has 0 fully saturated rings. The molecule has 10 heteroatoms. The van der Waals surface area contributed by atoms with Crippen molar-refractivity contribution >= 4 is 34.6 Å². The van der Waals surface area contributed by atoms with Crippen LogP contribution in [0.2, 0.25) is 0 Å². The minimum absolute atomic E-state index is 0. The average molecular weight is 364 g/mol. The maximum atomic E-state index is 12.3. The summed E-state index contributed by atoms with van der Waals surface area (Å²) in [5, 5.41) is 22.7. The Balaban J connectivity index is 0.00000225. The first kappa shape index (κ1) is 19.2. The third kappa shape index (κ3) is 3.77. The van der Waals surface area contributed by atoms with Crippen molar-refractivity contribution in [2.45, 2.75) is 0 Å². The summed E-state index contributed by atoms with van der Waals surface area (Å²) in [6.45, 7) is 0. The number of rotatable bonds is 4. The van der Waals surface area contributed by atoms with Gasteiger partial charge in [-0.1, -0.05) is 18.2 Å². The number of benzene rings is 1. The van der Waals surface area contributed by atoms with Gasteiger partial charge in [-0.3, -0.25) is 4.79 Å². The summed E-state index contributed by atoms with van der Waals surface area (Å²) in [7, 11) is 0. The Kier molecular flexibility index (Phi) is 6.03. The second-order valence-electron chi connectivity index (χ2n) is 4.74. The van der Waals surface area contributed by atoms with Crippen LogP contribution in [0.4, 0.5) is 5.69 Å². The quantitative estimate of drug-likeness (QED) is 0.426. The molecule has 25 heavy (non-hydrogen) atoms. The topological polar surface area (TPSA) is 148 Å². The van der Waals surface area contributed by atoms with Gasteiger partial charge in [-0.25, -0.2) is 14.8 Å². The average Bonchev–Trinajstić information content (AvgIpc) is 2.97. The third-order valence-electron chi connectivity index (χ3n) is 3.31. The van der Waals surface area contributed by atoms with Crippen molar-refractivity contribution in [2.75, 3.05) is 5.32 Å². The molecular formula is C15H9KN4O5. The number of aromatic carboxylic acids is 2. The zero-order valence-corrected chi connectivity index (χ0v) is 16.1. The van der Waals surface area contributed by atoms with Gasteiger partial charge < -0.3 is 25.3 Å². The molecule has 3 N–H and O–H groups in total. The van der Waals surface area contributed by atoms with Gasteiger partial charge in [-0.05, 0) is 6.07 Å². The number of hydrogen-bond donors (Lipinski definition) is 3. The number of carbonyl (C=O) groups is 3. The van der Waals surface area contributed by atoms with Crippen molar-refractivity contribution in [1.29, 1.82) is 0 Å². The predicted octanol–water partition coefficient (Wildman–Crippen LogP) is -2.72. The van der Waals surface area contributed by atoms with E-state index in [4.69, 9.17) is 5.11 Å². The van der Waals surface area contributed by atoms with Gasteiger partial charge in [0.1, 0.15) is 17.4 Å². The molecular weight excluding hydrogens is 355 g/mol. The number of carboxylic acid groups (broad SMARTS) is 2. The van der Waals surface area contributed by atoms with Gasteiger partial charge in [-0.15, -0.1) is 0 Å². The fraction of sp³-hybridized carbons (Fsp3) is 0. The van der Waals surface area contributed by atoms with Crippen LogP contribution in [0.1, 0.15) is 31.2 Å². The molecule has 0 aliphatic carbocycles. The van der Waals surface area contributed by atoms with Gasteiger partial charge in [0.2, 0.25) is 0 Å². The molecule has 3 aromatic rings. The molecule has 0 atom stereocenters. The largest absolute Gasteiger partial charge is 1.00 e. The summed E-state index contributed by atoms with van der Waals surface area (Å²) >= 11 is 0. The Morgan fingerprint density at radius 3 is 2.44 bits per heavy atom. The summed E-state index contributed by atoms with van der Waals surface area (Å²) in [4.78, 5) is 44.8. The second kappa shape index (κ2) is 7.84. The zero-order chi connectivity index (χ0) is 17.3. The van der Waals surface area contributed by atoms with Crippen molar-refractivity contribution < 1.29 is 76.0 Å². The molecule has 1 aromatic carbocycles. The van der Waals surface area contributed by atoms with Crippen LogP contribution in [0.5, 0.6) is 0 Å². The van der Waals surface area contributed by atoms with Crippen LogP contribution in [0.15, 0.2) is 36.8 Å². The van der Waals surface area contributed by atoms with Gasteiger partial charge >= 0.3 is 57.4 Å². The van der Waals surface area contributed by atoms with Crippen LogP contribution >= 0.6 is 0 Å². The second-order valence-corrected chi connectivity index (χ2v) is 4.74. The number of nitrogens with zero attached hydrogens (tertiary/aromatic N) is 2. The number of fused-ring (bicyclic) bond motifs is 1. The first-order valence-corrected chi connectivity index (χ1v) is 6.66.